The number of hydrogen-bond donors (Lipinski definition) is 2. The van der Waals surface area contributed by atoms with Gasteiger partial charge < -0.3 is 11.1 Å². The molecule has 0 fully saturated rings. The van der Waals surface area contributed by atoms with Crippen molar-refractivity contribution in [2.24, 2.45) is 5.73 Å². The summed E-state index contributed by atoms with van der Waals surface area (Å²) in [6.45, 7) is 4.02. The highest BCUT2D eigenvalue weighted by Crippen LogP contribution is 2.13. The number of carbonyl (C=O) groups is 1. The van der Waals surface area contributed by atoms with Crippen LogP contribution < -0.4 is 11.1 Å². The van der Waals surface area contributed by atoms with Gasteiger partial charge in [0.25, 0.3) is 0 Å². The van der Waals surface area contributed by atoms with Gasteiger partial charge >= 0.3 is 0 Å². The van der Waals surface area contributed by atoms with Crippen LogP contribution in [0.15, 0.2) is 24.3 Å². The van der Waals surface area contributed by atoms with Crippen molar-refractivity contribution in [1.29, 1.82) is 0 Å². The first-order valence-corrected chi connectivity index (χ1v) is 7.55. The fraction of sp³-hybridized carbons (Fsp3) is 0.500. The third kappa shape index (κ3) is 4.70. The first-order valence-electron chi connectivity index (χ1n) is 6.16. The Morgan fingerprint density at radius 1 is 1.39 bits per heavy atom. The Bertz CT molecular complexity index is 378. The molecule has 0 heterocycles. The summed E-state index contributed by atoms with van der Waals surface area (Å²) in [5, 5.41) is 2.95. The van der Waals surface area contributed by atoms with E-state index >= 15 is 0 Å². The highest BCUT2D eigenvalue weighted by molar-refractivity contribution is 7.98. The van der Waals surface area contributed by atoms with E-state index in [2.05, 4.69) is 5.32 Å². The van der Waals surface area contributed by atoms with Crippen LogP contribution in [0.5, 0.6) is 0 Å². The molecule has 18 heavy (non-hydrogen) atoms. The van der Waals surface area contributed by atoms with Crippen LogP contribution in [0.3, 0.4) is 0 Å². The standard InChI is InChI=1S/C14H22N2OS/c1-10-4-6-12(7-5-10)11(2)16-14(17)13(15)8-9-18-3/h4-7,11,13H,8-9,15H2,1-3H3,(H,16,17)/t11-,13-/m0/s1. The number of thioether (sulfide) groups is 1. The molecule has 0 aromatic heterocycles. The van der Waals surface area contributed by atoms with Crippen LogP contribution in [0.25, 0.3) is 0 Å². The van der Waals surface area contributed by atoms with Gasteiger partial charge in [-0.3, -0.25) is 4.79 Å². The minimum absolute atomic E-state index is 0.00145. The lowest BCUT2D eigenvalue weighted by Crippen LogP contribution is -2.41. The van der Waals surface area contributed by atoms with Gasteiger partial charge in [0.05, 0.1) is 12.1 Å². The molecule has 0 bridgehead atoms. The summed E-state index contributed by atoms with van der Waals surface area (Å²) in [5.41, 5.74) is 8.15. The van der Waals surface area contributed by atoms with Crippen molar-refractivity contribution in [3.63, 3.8) is 0 Å². The molecule has 1 aromatic carbocycles. The SMILES string of the molecule is CSCC[C@H](N)C(=O)N[C@@H](C)c1ccc(C)cc1. The molecule has 0 aliphatic rings. The van der Waals surface area contributed by atoms with Gasteiger partial charge in [0, 0.05) is 0 Å². The molecule has 3 nitrogen and oxygen atoms in total. The van der Waals surface area contributed by atoms with Crippen molar-refractivity contribution in [1.82, 2.24) is 5.32 Å². The number of rotatable bonds is 6. The maximum atomic E-state index is 11.9. The lowest BCUT2D eigenvalue weighted by atomic mass is 10.1. The van der Waals surface area contributed by atoms with Gasteiger partial charge in [-0.1, -0.05) is 29.8 Å². The Morgan fingerprint density at radius 3 is 2.56 bits per heavy atom. The van der Waals surface area contributed by atoms with E-state index in [1.807, 2.05) is 44.4 Å². The summed E-state index contributed by atoms with van der Waals surface area (Å²) >= 11 is 1.70. The predicted molar refractivity (Wildman–Crippen MR) is 78.7 cm³/mol. The van der Waals surface area contributed by atoms with Crippen molar-refractivity contribution in [2.45, 2.75) is 32.4 Å². The quantitative estimate of drug-likeness (QED) is 0.830. The third-order valence-corrected chi connectivity index (χ3v) is 3.55. The Kier molecular flexibility index (Phi) is 6.22. The maximum Gasteiger partial charge on any atom is 0.237 e. The van der Waals surface area contributed by atoms with Crippen molar-refractivity contribution < 1.29 is 4.79 Å². The first-order chi connectivity index (χ1) is 8.54. The van der Waals surface area contributed by atoms with Crippen molar-refractivity contribution in [2.75, 3.05) is 12.0 Å². The van der Waals surface area contributed by atoms with Gasteiger partial charge in [0.1, 0.15) is 0 Å². The van der Waals surface area contributed by atoms with Crippen LogP contribution in [-0.2, 0) is 4.79 Å². The molecule has 0 unspecified atom stereocenters. The molecule has 0 aliphatic carbocycles. The summed E-state index contributed by atoms with van der Waals surface area (Å²) in [5.74, 6) is 0.838. The number of carbonyl (C=O) groups excluding carboxylic acids is 1. The summed E-state index contributed by atoms with van der Waals surface area (Å²) in [6, 6.07) is 7.75. The monoisotopic (exact) mass is 266 g/mol. The van der Waals surface area contributed by atoms with Crippen LogP contribution in [-0.4, -0.2) is 24.0 Å². The Balaban J connectivity index is 2.51. The van der Waals surface area contributed by atoms with E-state index in [0.29, 0.717) is 6.42 Å². The van der Waals surface area contributed by atoms with E-state index in [0.717, 1.165) is 11.3 Å². The van der Waals surface area contributed by atoms with Crippen LogP contribution in [0.4, 0.5) is 0 Å². The second kappa shape index (κ2) is 7.44. The van der Waals surface area contributed by atoms with Crippen molar-refractivity contribution >= 4 is 17.7 Å². The molecule has 1 amide bonds. The van der Waals surface area contributed by atoms with Crippen molar-refractivity contribution in [3.05, 3.63) is 35.4 Å². The normalized spacial score (nSPS) is 14.0. The minimum atomic E-state index is -0.412. The van der Waals surface area contributed by atoms with Gasteiger partial charge in [-0.05, 0) is 37.8 Å². The topological polar surface area (TPSA) is 55.1 Å². The average Bonchev–Trinajstić information content (AvgIpc) is 2.36. The van der Waals surface area contributed by atoms with Crippen LogP contribution >= 0.6 is 11.8 Å². The van der Waals surface area contributed by atoms with Crippen LogP contribution in [0.2, 0.25) is 0 Å². The molecule has 3 N–H and O–H groups in total. The zero-order valence-electron chi connectivity index (χ0n) is 11.3. The molecule has 1 aromatic rings. The number of nitrogens with one attached hydrogen (secondary N) is 1. The fourth-order valence-electron chi connectivity index (χ4n) is 1.63. The molecule has 0 aliphatic heterocycles. The first kappa shape index (κ1) is 15.1. The van der Waals surface area contributed by atoms with Crippen molar-refractivity contribution in [3.8, 4) is 0 Å². The molecule has 2 atom stereocenters. The molecular weight excluding hydrogens is 244 g/mol. The lowest BCUT2D eigenvalue weighted by Gasteiger charge is -2.17. The molecular formula is C14H22N2OS. The lowest BCUT2D eigenvalue weighted by molar-refractivity contribution is -0.123. The van der Waals surface area contributed by atoms with E-state index in [1.165, 1.54) is 5.56 Å². The molecule has 1 rings (SSSR count). The van der Waals surface area contributed by atoms with E-state index < -0.39 is 6.04 Å². The zero-order valence-corrected chi connectivity index (χ0v) is 12.1. The van der Waals surface area contributed by atoms with E-state index in [1.54, 1.807) is 11.8 Å². The molecule has 0 spiro atoms. The second-order valence-corrected chi connectivity index (χ2v) is 5.51. The van der Waals surface area contributed by atoms with Gasteiger partial charge in [-0.15, -0.1) is 0 Å². The maximum absolute atomic E-state index is 11.9. The van der Waals surface area contributed by atoms with Gasteiger partial charge in [0.2, 0.25) is 5.91 Å². The molecule has 0 saturated heterocycles. The second-order valence-electron chi connectivity index (χ2n) is 4.53. The Hall–Kier alpha value is -1.00. The number of aryl methyl sites for hydroxylation is 1. The summed E-state index contributed by atoms with van der Waals surface area (Å²) in [6.07, 6.45) is 2.73. The van der Waals surface area contributed by atoms with Crippen LogP contribution in [0, 0.1) is 6.92 Å². The van der Waals surface area contributed by atoms with Gasteiger partial charge in [0.15, 0.2) is 0 Å². The van der Waals surface area contributed by atoms with Gasteiger partial charge in [-0.2, -0.15) is 11.8 Å². The highest BCUT2D eigenvalue weighted by Gasteiger charge is 2.15. The van der Waals surface area contributed by atoms with Crippen LogP contribution in [0.1, 0.15) is 30.5 Å². The zero-order chi connectivity index (χ0) is 13.5. The smallest absolute Gasteiger partial charge is 0.237 e. The number of amides is 1. The third-order valence-electron chi connectivity index (χ3n) is 2.91. The molecule has 4 heteroatoms. The Morgan fingerprint density at radius 2 is 2.00 bits per heavy atom. The van der Waals surface area contributed by atoms with E-state index in [9.17, 15) is 4.79 Å². The minimum Gasteiger partial charge on any atom is -0.348 e. The predicted octanol–water partition coefficient (Wildman–Crippen LogP) is 2.25. The van der Waals surface area contributed by atoms with E-state index in [4.69, 9.17) is 5.73 Å². The summed E-state index contributed by atoms with van der Waals surface area (Å²) in [7, 11) is 0. The number of nitrogens with two attached hydrogens (primary N) is 1. The summed E-state index contributed by atoms with van der Waals surface area (Å²) in [4.78, 5) is 11.9. The largest absolute Gasteiger partial charge is 0.348 e. The highest BCUT2D eigenvalue weighted by atomic mass is 32.2. The number of benzene rings is 1. The van der Waals surface area contributed by atoms with E-state index in [-0.39, 0.29) is 11.9 Å². The molecule has 0 radical (unpaired) electrons. The Labute approximate surface area is 114 Å². The summed E-state index contributed by atoms with van der Waals surface area (Å²) < 4.78 is 0. The molecule has 100 valence electrons. The fourth-order valence-corrected chi connectivity index (χ4v) is 2.12. The van der Waals surface area contributed by atoms with Gasteiger partial charge in [-0.25, -0.2) is 0 Å². The average molecular weight is 266 g/mol. The number of hydrogen-bond acceptors (Lipinski definition) is 3. The molecule has 0 saturated carbocycles.